The number of cyclic esters (lactones) is 1. The van der Waals surface area contributed by atoms with E-state index >= 15 is 0 Å². The van der Waals surface area contributed by atoms with E-state index < -0.39 is 41.5 Å². The van der Waals surface area contributed by atoms with E-state index in [1.807, 2.05) is 56.9 Å². The lowest BCUT2D eigenvalue weighted by Crippen LogP contribution is -2.62. The van der Waals surface area contributed by atoms with E-state index in [4.69, 9.17) is 14.5 Å². The molecule has 3 aliphatic heterocycles. The van der Waals surface area contributed by atoms with Gasteiger partial charge in [0, 0.05) is 80.3 Å². The highest BCUT2D eigenvalue weighted by atomic mass is 16.5. The Hall–Kier alpha value is -5.79. The Bertz CT molecular complexity index is 2630. The summed E-state index contributed by atoms with van der Waals surface area (Å²) in [5.41, 5.74) is 9.79. The first-order valence-electron chi connectivity index (χ1n) is 24.1. The van der Waals surface area contributed by atoms with Gasteiger partial charge >= 0.3 is 5.97 Å². The van der Waals surface area contributed by atoms with Gasteiger partial charge in [0.05, 0.1) is 30.6 Å². The third-order valence-electron chi connectivity index (χ3n) is 14.3. The molecule has 5 heterocycles. The Labute approximate surface area is 400 Å². The topological polar surface area (TPSA) is 162 Å². The van der Waals surface area contributed by atoms with Gasteiger partial charge in [-0.15, -0.1) is 0 Å². The smallest absolute Gasteiger partial charge is 0.324 e. The third kappa shape index (κ3) is 9.74. The second-order valence-electron chi connectivity index (χ2n) is 20.4. The van der Waals surface area contributed by atoms with E-state index in [1.54, 1.807) is 30.3 Å². The van der Waals surface area contributed by atoms with Crippen LogP contribution in [-0.4, -0.2) is 144 Å². The number of aryl methyl sites for hydroxylation is 1. The van der Waals surface area contributed by atoms with Gasteiger partial charge in [0.15, 0.2) is 0 Å². The van der Waals surface area contributed by atoms with Gasteiger partial charge in [0.2, 0.25) is 5.91 Å². The zero-order valence-corrected chi connectivity index (χ0v) is 41.1. The van der Waals surface area contributed by atoms with Gasteiger partial charge in [0.25, 0.3) is 11.8 Å². The second kappa shape index (κ2) is 20.0. The minimum Gasteiger partial charge on any atom is -0.508 e. The van der Waals surface area contributed by atoms with Crippen molar-refractivity contribution in [2.24, 2.45) is 17.3 Å². The first-order valence-corrected chi connectivity index (χ1v) is 24.1. The van der Waals surface area contributed by atoms with Gasteiger partial charge in [-0.3, -0.25) is 39.0 Å². The number of hydrogen-bond donors (Lipinski definition) is 3. The van der Waals surface area contributed by atoms with Gasteiger partial charge in [-0.25, -0.2) is 5.43 Å². The molecule has 15 heteroatoms. The van der Waals surface area contributed by atoms with E-state index in [9.17, 15) is 24.3 Å². The van der Waals surface area contributed by atoms with Crippen molar-refractivity contribution in [3.05, 3.63) is 71.5 Å². The maximum Gasteiger partial charge on any atom is 0.324 e. The molecule has 0 radical (unpaired) electrons. The number of benzene rings is 2. The minimum atomic E-state index is -1.05. The first kappa shape index (κ1) is 48.7. The number of carbonyl (C=O) groups excluding carboxylic acids is 4. The molecule has 3 amide bonds. The third-order valence-corrected chi connectivity index (χ3v) is 14.3. The predicted molar refractivity (Wildman–Crippen MR) is 261 cm³/mol. The number of fused-ring (bicyclic) bond motifs is 8. The first-order chi connectivity index (χ1) is 32.5. The molecule has 2 aromatic heterocycles. The summed E-state index contributed by atoms with van der Waals surface area (Å²) >= 11 is 0. The van der Waals surface area contributed by atoms with Crippen molar-refractivity contribution in [3.63, 3.8) is 0 Å². The number of phenolic OH excluding ortho intramolecular Hbond substituents is 1. The number of phenols is 1. The number of nitrogens with one attached hydrogen (secondary N) is 2. The van der Waals surface area contributed by atoms with E-state index in [1.165, 1.54) is 5.01 Å². The molecule has 0 spiro atoms. The van der Waals surface area contributed by atoms with E-state index in [-0.39, 0.29) is 48.3 Å². The van der Waals surface area contributed by atoms with Crippen LogP contribution in [-0.2, 0) is 41.6 Å². The molecule has 6 bridgehead atoms. The molecule has 4 aliphatic rings. The Morgan fingerprint density at radius 3 is 2.60 bits per heavy atom. The average Bonchev–Trinajstić information content (AvgIpc) is 3.91. The predicted octanol–water partition coefficient (Wildman–Crippen LogP) is 5.36. The summed E-state index contributed by atoms with van der Waals surface area (Å²) < 4.78 is 14.9. The highest BCUT2D eigenvalue weighted by Crippen LogP contribution is 2.57. The quantitative estimate of drug-likeness (QED) is 0.147. The van der Waals surface area contributed by atoms with Gasteiger partial charge in [0.1, 0.15) is 23.9 Å². The molecule has 2 fully saturated rings. The summed E-state index contributed by atoms with van der Waals surface area (Å²) in [4.78, 5) is 67.1. The molecule has 0 saturated carbocycles. The van der Waals surface area contributed by atoms with Crippen LogP contribution in [0.3, 0.4) is 0 Å². The van der Waals surface area contributed by atoms with Gasteiger partial charge in [-0.2, -0.15) is 0 Å². The Balaban J connectivity index is 1.15. The molecule has 2 unspecified atom stereocenters. The van der Waals surface area contributed by atoms with Crippen molar-refractivity contribution in [3.8, 4) is 40.0 Å². The van der Waals surface area contributed by atoms with Crippen LogP contribution in [0, 0.1) is 29.1 Å². The van der Waals surface area contributed by atoms with E-state index in [2.05, 4.69) is 72.2 Å². The van der Waals surface area contributed by atoms with Crippen LogP contribution in [0.4, 0.5) is 0 Å². The molecule has 6 atom stereocenters. The van der Waals surface area contributed by atoms with E-state index in [0.717, 1.165) is 51.0 Å². The Morgan fingerprint density at radius 2 is 1.87 bits per heavy atom. The SMILES string of the molecule is CCn1c2c3c4cc(ccc41)-c1cc(O)cc(c1)CC(NC(=O)[C@H](C(C)C)N(C)C[C@H]1CCN(C(=O)C#CCN(C)C)C1)C(=O)N1CCC[C@H](N1)C(=O)OCC(C)(C)C3[C@H](OC)c1ncccc1-2. The van der Waals surface area contributed by atoms with Crippen LogP contribution in [0.5, 0.6) is 5.75 Å². The number of likely N-dealkylation sites (tertiary alicyclic amines) is 1. The molecule has 2 aromatic carbocycles. The van der Waals surface area contributed by atoms with Crippen molar-refractivity contribution in [1.29, 1.82) is 0 Å². The number of rotatable bonds is 9. The number of ether oxygens (including phenoxy) is 2. The normalized spacial score (nSPS) is 23.0. The monoisotopic (exact) mass is 929 g/mol. The standard InChI is InChI=1S/C53H68N8O7/c1-10-60-42-18-17-35-28-39(42)44-45(49(67-9)46-38(48(44)60)14-11-20-54-46)53(4,5)31-68-52(66)40-15-12-22-61(56-40)51(65)41(26-34-24-36(35)27-37(62)25-34)55-50(64)47(32(2)3)58(8)29-33-19-23-59(30-33)43(63)16-13-21-57(6)7/h11,14,17-18,20,24-25,27-28,32-33,40-41,45,47,49,56,62H,10,12,15,19,21-23,26,29-31H2,1-9H3,(H,55,64)/t33-,40+,41?,45?,47+,49+/m1/s1. The van der Waals surface area contributed by atoms with Crippen LogP contribution in [0.1, 0.15) is 82.7 Å². The van der Waals surface area contributed by atoms with E-state index in [0.29, 0.717) is 57.7 Å². The van der Waals surface area contributed by atoms with Crippen molar-refractivity contribution >= 4 is 34.6 Å². The van der Waals surface area contributed by atoms with Crippen LogP contribution >= 0.6 is 0 Å². The molecule has 4 aromatic rings. The highest BCUT2D eigenvalue weighted by Gasteiger charge is 2.48. The molecular weight excluding hydrogens is 861 g/mol. The molecule has 15 nitrogen and oxygen atoms in total. The summed E-state index contributed by atoms with van der Waals surface area (Å²) in [6.45, 7) is 13.6. The number of aromatic hydroxyl groups is 1. The number of likely N-dealkylation sites (N-methyl/N-ethyl adjacent to an activating group) is 1. The molecule has 68 heavy (non-hydrogen) atoms. The number of hydrogen-bond acceptors (Lipinski definition) is 11. The summed E-state index contributed by atoms with van der Waals surface area (Å²) in [6.07, 6.45) is 3.20. The summed E-state index contributed by atoms with van der Waals surface area (Å²) in [5.74, 6) is 4.09. The van der Waals surface area contributed by atoms with Gasteiger partial charge < -0.3 is 29.4 Å². The minimum absolute atomic E-state index is 0.0302. The fourth-order valence-corrected chi connectivity index (χ4v) is 11.1. The molecule has 1 aliphatic carbocycles. The molecule has 3 N–H and O–H groups in total. The maximum absolute atomic E-state index is 14.8. The van der Waals surface area contributed by atoms with Crippen LogP contribution in [0.25, 0.3) is 33.3 Å². The number of esters is 1. The average molecular weight is 929 g/mol. The highest BCUT2D eigenvalue weighted by molar-refractivity contribution is 5.97. The lowest BCUT2D eigenvalue weighted by atomic mass is 9.67. The molecule has 2 saturated heterocycles. The lowest BCUT2D eigenvalue weighted by molar-refractivity contribution is -0.156. The van der Waals surface area contributed by atoms with Crippen molar-refractivity contribution in [2.75, 3.05) is 67.6 Å². The Kier molecular flexibility index (Phi) is 14.3. The fraction of sp³-hybridized carbons (Fsp3) is 0.528. The second-order valence-corrected chi connectivity index (χ2v) is 20.4. The number of hydrazine groups is 1. The number of pyridine rings is 1. The lowest BCUT2D eigenvalue weighted by Gasteiger charge is -2.42. The van der Waals surface area contributed by atoms with Crippen LogP contribution in [0.2, 0.25) is 0 Å². The fourth-order valence-electron chi connectivity index (χ4n) is 11.1. The maximum atomic E-state index is 14.8. The summed E-state index contributed by atoms with van der Waals surface area (Å²) in [7, 11) is 7.43. The van der Waals surface area contributed by atoms with Crippen molar-refractivity contribution in [2.45, 2.75) is 97.0 Å². The van der Waals surface area contributed by atoms with Gasteiger partial charge in [-0.05, 0) is 124 Å². The zero-order valence-electron chi connectivity index (χ0n) is 41.1. The number of amides is 3. The largest absolute Gasteiger partial charge is 0.508 e. The van der Waals surface area contributed by atoms with Crippen molar-refractivity contribution in [1.82, 2.24) is 40.0 Å². The summed E-state index contributed by atoms with van der Waals surface area (Å²) in [6, 6.07) is 13.3. The molecule has 362 valence electrons. The number of nitrogens with zero attached hydrogens (tertiary/aromatic N) is 6. The number of carbonyl (C=O) groups is 4. The zero-order chi connectivity index (χ0) is 48.6. The van der Waals surface area contributed by atoms with Gasteiger partial charge in [-0.1, -0.05) is 45.7 Å². The van der Waals surface area contributed by atoms with Crippen LogP contribution in [0.15, 0.2) is 54.7 Å². The number of aromatic nitrogens is 2. The molecular formula is C53H68N8O7. The number of methoxy groups -OCH3 is 1. The Morgan fingerprint density at radius 1 is 1.07 bits per heavy atom. The molecule has 8 rings (SSSR count). The summed E-state index contributed by atoms with van der Waals surface area (Å²) in [5, 5.41) is 17.0. The van der Waals surface area contributed by atoms with Crippen molar-refractivity contribution < 1.29 is 33.8 Å². The van der Waals surface area contributed by atoms with Crippen LogP contribution < -0.4 is 10.7 Å².